The number of nitrogens with one attached hydrogen (secondary N) is 2. The summed E-state index contributed by atoms with van der Waals surface area (Å²) in [5.74, 6) is 1.02. The molecule has 0 fully saturated rings. The summed E-state index contributed by atoms with van der Waals surface area (Å²) in [5, 5.41) is 8.37. The van der Waals surface area contributed by atoms with E-state index in [1.54, 1.807) is 11.8 Å². The predicted octanol–water partition coefficient (Wildman–Crippen LogP) is 3.04. The van der Waals surface area contributed by atoms with Crippen molar-refractivity contribution in [3.05, 3.63) is 28.8 Å². The van der Waals surface area contributed by atoms with Gasteiger partial charge in [0.2, 0.25) is 0 Å². The number of rotatable bonds is 1. The number of anilines is 1. The van der Waals surface area contributed by atoms with Crippen molar-refractivity contribution < 1.29 is 0 Å². The number of benzene rings is 1. The van der Waals surface area contributed by atoms with Gasteiger partial charge >= 0.3 is 0 Å². The minimum absolute atomic E-state index is 0.559. The SMILES string of the molecule is Cc1cc(Cl)ccc1NC(=S)NC1=NCCS1. The van der Waals surface area contributed by atoms with Crippen LogP contribution in [0.25, 0.3) is 0 Å². The molecule has 0 unspecified atom stereocenters. The number of aliphatic imine (C=N–C) groups is 1. The van der Waals surface area contributed by atoms with Crippen LogP contribution in [0.15, 0.2) is 23.2 Å². The average molecular weight is 286 g/mol. The molecule has 0 saturated heterocycles. The minimum Gasteiger partial charge on any atom is -0.332 e. The highest BCUT2D eigenvalue weighted by molar-refractivity contribution is 8.14. The Bertz CT molecular complexity index is 474. The first-order valence-electron chi connectivity index (χ1n) is 5.16. The molecule has 3 nitrogen and oxygen atoms in total. The van der Waals surface area contributed by atoms with Crippen molar-refractivity contribution in [3.8, 4) is 0 Å². The lowest BCUT2D eigenvalue weighted by atomic mass is 10.2. The summed E-state index contributed by atoms with van der Waals surface area (Å²) in [7, 11) is 0. The normalized spacial score (nSPS) is 14.4. The van der Waals surface area contributed by atoms with E-state index in [-0.39, 0.29) is 0 Å². The molecule has 90 valence electrons. The maximum Gasteiger partial charge on any atom is 0.176 e. The fourth-order valence-electron chi connectivity index (χ4n) is 1.43. The van der Waals surface area contributed by atoms with Crippen LogP contribution < -0.4 is 10.6 Å². The van der Waals surface area contributed by atoms with E-state index in [9.17, 15) is 0 Å². The van der Waals surface area contributed by atoms with E-state index in [0.717, 1.165) is 33.7 Å². The quantitative estimate of drug-likeness (QED) is 0.778. The van der Waals surface area contributed by atoms with Crippen molar-refractivity contribution in [1.29, 1.82) is 0 Å². The Morgan fingerprint density at radius 2 is 2.29 bits per heavy atom. The molecule has 0 spiro atoms. The molecule has 1 aliphatic rings. The van der Waals surface area contributed by atoms with Crippen molar-refractivity contribution >= 4 is 51.5 Å². The van der Waals surface area contributed by atoms with E-state index in [2.05, 4.69) is 15.6 Å². The van der Waals surface area contributed by atoms with Crippen LogP contribution in [0.5, 0.6) is 0 Å². The zero-order valence-corrected chi connectivity index (χ0v) is 11.7. The molecule has 1 aromatic carbocycles. The van der Waals surface area contributed by atoms with E-state index in [1.807, 2.05) is 25.1 Å². The average Bonchev–Trinajstić information content (AvgIpc) is 2.75. The third kappa shape index (κ3) is 3.59. The molecule has 0 radical (unpaired) electrons. The van der Waals surface area contributed by atoms with E-state index >= 15 is 0 Å². The molecular weight excluding hydrogens is 274 g/mol. The summed E-state index contributed by atoms with van der Waals surface area (Å²) in [5.41, 5.74) is 2.01. The number of amidine groups is 1. The third-order valence-electron chi connectivity index (χ3n) is 2.24. The standard InChI is InChI=1S/C11H12ClN3S2/c1-7-6-8(12)2-3-9(7)14-10(16)15-11-13-4-5-17-11/h2-3,6H,4-5H2,1H3,(H2,13,14,15,16). The second-order valence-electron chi connectivity index (χ2n) is 3.57. The molecule has 2 N–H and O–H groups in total. The van der Waals surface area contributed by atoms with Crippen LogP contribution in [0.2, 0.25) is 5.02 Å². The lowest BCUT2D eigenvalue weighted by molar-refractivity contribution is 1.16. The lowest BCUT2D eigenvalue weighted by Gasteiger charge is -2.12. The van der Waals surface area contributed by atoms with Crippen LogP contribution in [0.1, 0.15) is 5.56 Å². The molecule has 0 atom stereocenters. The van der Waals surface area contributed by atoms with Crippen molar-refractivity contribution in [2.24, 2.45) is 4.99 Å². The highest BCUT2D eigenvalue weighted by Crippen LogP contribution is 2.19. The predicted molar refractivity (Wildman–Crippen MR) is 80.3 cm³/mol. The lowest BCUT2D eigenvalue weighted by Crippen LogP contribution is -2.31. The molecule has 0 bridgehead atoms. The smallest absolute Gasteiger partial charge is 0.176 e. The van der Waals surface area contributed by atoms with Gasteiger partial charge in [-0.3, -0.25) is 4.99 Å². The number of hydrogen-bond donors (Lipinski definition) is 2. The number of thioether (sulfide) groups is 1. The minimum atomic E-state index is 0.559. The zero-order chi connectivity index (χ0) is 12.3. The third-order valence-corrected chi connectivity index (χ3v) is 3.57. The van der Waals surface area contributed by atoms with E-state index in [4.69, 9.17) is 23.8 Å². The summed E-state index contributed by atoms with van der Waals surface area (Å²) in [6, 6.07) is 5.64. The maximum absolute atomic E-state index is 5.89. The van der Waals surface area contributed by atoms with Gasteiger partial charge in [-0.05, 0) is 42.9 Å². The van der Waals surface area contributed by atoms with Crippen LogP contribution in [-0.2, 0) is 0 Å². The van der Waals surface area contributed by atoms with E-state index in [1.165, 1.54) is 0 Å². The summed E-state index contributed by atoms with van der Waals surface area (Å²) in [6.07, 6.45) is 0. The molecular formula is C11H12ClN3S2. The van der Waals surface area contributed by atoms with Crippen molar-refractivity contribution in [2.75, 3.05) is 17.6 Å². The van der Waals surface area contributed by atoms with Crippen molar-refractivity contribution in [3.63, 3.8) is 0 Å². The fraction of sp³-hybridized carbons (Fsp3) is 0.273. The van der Waals surface area contributed by atoms with Gasteiger partial charge in [-0.15, -0.1) is 0 Å². The first-order chi connectivity index (χ1) is 8.15. The van der Waals surface area contributed by atoms with Crippen LogP contribution in [-0.4, -0.2) is 22.6 Å². The molecule has 0 aromatic heterocycles. The van der Waals surface area contributed by atoms with Gasteiger partial charge in [0.25, 0.3) is 0 Å². The van der Waals surface area contributed by atoms with Crippen LogP contribution in [0.3, 0.4) is 0 Å². The highest BCUT2D eigenvalue weighted by atomic mass is 35.5. The molecule has 0 saturated carbocycles. The van der Waals surface area contributed by atoms with Crippen LogP contribution >= 0.6 is 35.6 Å². The number of aryl methyl sites for hydroxylation is 1. The van der Waals surface area contributed by atoms with Gasteiger partial charge in [0.15, 0.2) is 10.3 Å². The Hall–Kier alpha value is -0.780. The van der Waals surface area contributed by atoms with Gasteiger partial charge in [0.1, 0.15) is 0 Å². The summed E-state index contributed by atoms with van der Waals surface area (Å²) in [6.45, 7) is 2.84. The Kier molecular flexibility index (Phi) is 4.25. The van der Waals surface area contributed by atoms with Gasteiger partial charge in [-0.25, -0.2) is 0 Å². The Morgan fingerprint density at radius 3 is 2.94 bits per heavy atom. The van der Waals surface area contributed by atoms with E-state index < -0.39 is 0 Å². The first kappa shape index (κ1) is 12.7. The van der Waals surface area contributed by atoms with Gasteiger partial charge in [0, 0.05) is 16.5 Å². The Labute approximate surface area is 115 Å². The van der Waals surface area contributed by atoms with E-state index in [0.29, 0.717) is 5.11 Å². The largest absolute Gasteiger partial charge is 0.332 e. The molecule has 0 aliphatic carbocycles. The highest BCUT2D eigenvalue weighted by Gasteiger charge is 2.09. The second-order valence-corrected chi connectivity index (χ2v) is 5.50. The van der Waals surface area contributed by atoms with Gasteiger partial charge < -0.3 is 10.6 Å². The molecule has 6 heteroatoms. The Morgan fingerprint density at radius 1 is 1.47 bits per heavy atom. The maximum atomic E-state index is 5.89. The first-order valence-corrected chi connectivity index (χ1v) is 6.94. The second kappa shape index (κ2) is 5.71. The molecule has 2 rings (SSSR count). The molecule has 1 heterocycles. The molecule has 17 heavy (non-hydrogen) atoms. The number of nitrogens with zero attached hydrogens (tertiary/aromatic N) is 1. The van der Waals surface area contributed by atoms with Gasteiger partial charge in [-0.2, -0.15) is 0 Å². The molecule has 1 aromatic rings. The zero-order valence-electron chi connectivity index (χ0n) is 9.29. The number of halogens is 1. The summed E-state index contributed by atoms with van der Waals surface area (Å²) in [4.78, 5) is 4.27. The monoisotopic (exact) mass is 285 g/mol. The van der Waals surface area contributed by atoms with Gasteiger partial charge in [-0.1, -0.05) is 23.4 Å². The molecule has 1 aliphatic heterocycles. The topological polar surface area (TPSA) is 36.4 Å². The number of hydrogen-bond acceptors (Lipinski definition) is 3. The van der Waals surface area contributed by atoms with Crippen molar-refractivity contribution in [1.82, 2.24) is 5.32 Å². The fourth-order valence-corrected chi connectivity index (χ4v) is 2.66. The van der Waals surface area contributed by atoms with Gasteiger partial charge in [0.05, 0.1) is 6.54 Å². The van der Waals surface area contributed by atoms with Crippen molar-refractivity contribution in [2.45, 2.75) is 6.92 Å². The van der Waals surface area contributed by atoms with Crippen LogP contribution in [0, 0.1) is 6.92 Å². The number of thiocarbonyl (C=S) groups is 1. The summed E-state index contributed by atoms with van der Waals surface area (Å²) < 4.78 is 0. The Balaban J connectivity index is 1.98. The van der Waals surface area contributed by atoms with Crippen LogP contribution in [0.4, 0.5) is 5.69 Å². The molecule has 0 amide bonds. The summed E-state index contributed by atoms with van der Waals surface area (Å²) >= 11 is 12.8.